The fourth-order valence-corrected chi connectivity index (χ4v) is 4.44. The van der Waals surface area contributed by atoms with Gasteiger partial charge in [0.05, 0.1) is 22.6 Å². The van der Waals surface area contributed by atoms with Gasteiger partial charge in [0.15, 0.2) is 5.78 Å². The van der Waals surface area contributed by atoms with Crippen molar-refractivity contribution in [1.29, 1.82) is 5.26 Å². The molecule has 1 aliphatic carbocycles. The van der Waals surface area contributed by atoms with Crippen molar-refractivity contribution < 1.29 is 13.9 Å². The Balaban J connectivity index is 1.68. The van der Waals surface area contributed by atoms with Crippen molar-refractivity contribution in [3.8, 4) is 11.8 Å². The lowest BCUT2D eigenvalue weighted by atomic mass is 9.76. The summed E-state index contributed by atoms with van der Waals surface area (Å²) in [5.41, 5.74) is 9.45. The van der Waals surface area contributed by atoms with Crippen molar-refractivity contribution in [1.82, 2.24) is 4.90 Å². The van der Waals surface area contributed by atoms with E-state index in [0.717, 1.165) is 18.5 Å². The van der Waals surface area contributed by atoms with Crippen LogP contribution in [0.25, 0.3) is 0 Å². The predicted molar refractivity (Wildman–Crippen MR) is 115 cm³/mol. The lowest BCUT2D eigenvalue weighted by Gasteiger charge is -2.37. The van der Waals surface area contributed by atoms with Crippen LogP contribution in [0, 0.1) is 17.1 Å². The molecule has 0 spiro atoms. The molecule has 4 rings (SSSR count). The molecule has 1 aliphatic heterocycles. The number of nitrogens with two attached hydrogens (primary N) is 1. The monoisotopic (exact) mass is 437 g/mol. The summed E-state index contributed by atoms with van der Waals surface area (Å²) in [5.74, 6) is -0.0788. The largest absolute Gasteiger partial charge is 0.487 e. The molecule has 0 unspecified atom stereocenters. The quantitative estimate of drug-likeness (QED) is 0.744. The Kier molecular flexibility index (Phi) is 5.71. The van der Waals surface area contributed by atoms with Gasteiger partial charge in [-0.15, -0.1) is 0 Å². The molecular weight excluding hydrogens is 417 g/mol. The summed E-state index contributed by atoms with van der Waals surface area (Å²) >= 11 is 6.47. The molecule has 2 aromatic rings. The number of nitrogens with zero attached hydrogens (tertiary/aromatic N) is 2. The number of halogens is 2. The number of hydrogen-bond donors (Lipinski definition) is 1. The molecule has 2 N–H and O–H groups in total. The number of nitriles is 1. The molecule has 0 saturated carbocycles. The number of ether oxygens (including phenoxy) is 1. The van der Waals surface area contributed by atoms with Crippen LogP contribution in [0.2, 0.25) is 5.02 Å². The van der Waals surface area contributed by atoms with Crippen molar-refractivity contribution in [3.63, 3.8) is 0 Å². The van der Waals surface area contributed by atoms with Gasteiger partial charge in [-0.25, -0.2) is 4.39 Å². The van der Waals surface area contributed by atoms with E-state index < -0.39 is 5.92 Å². The van der Waals surface area contributed by atoms with Crippen LogP contribution in [0.3, 0.4) is 0 Å². The van der Waals surface area contributed by atoms with Gasteiger partial charge in [0.1, 0.15) is 24.0 Å². The van der Waals surface area contributed by atoms with Gasteiger partial charge >= 0.3 is 0 Å². The molecule has 158 valence electrons. The third kappa shape index (κ3) is 3.89. The molecule has 1 atom stereocenters. The van der Waals surface area contributed by atoms with Gasteiger partial charge in [-0.1, -0.05) is 29.8 Å². The van der Waals surface area contributed by atoms with Gasteiger partial charge in [0, 0.05) is 24.7 Å². The van der Waals surface area contributed by atoms with Crippen LogP contribution in [0.5, 0.6) is 5.75 Å². The number of ketones is 1. The van der Waals surface area contributed by atoms with E-state index in [-0.39, 0.29) is 18.2 Å². The van der Waals surface area contributed by atoms with Crippen molar-refractivity contribution >= 4 is 17.4 Å². The molecule has 0 fully saturated rings. The Hall–Kier alpha value is -3.30. The highest BCUT2D eigenvalue weighted by atomic mass is 35.5. The van der Waals surface area contributed by atoms with Crippen molar-refractivity contribution in [2.75, 3.05) is 7.05 Å². The van der Waals surface area contributed by atoms with Crippen LogP contribution in [0.1, 0.15) is 36.3 Å². The zero-order valence-electron chi connectivity index (χ0n) is 17.0. The zero-order chi connectivity index (χ0) is 22.1. The summed E-state index contributed by atoms with van der Waals surface area (Å²) in [4.78, 5) is 14.6. The summed E-state index contributed by atoms with van der Waals surface area (Å²) in [5, 5.41) is 10.1. The maximum absolute atomic E-state index is 13.4. The number of allylic oxidation sites excluding steroid dienone is 3. The summed E-state index contributed by atoms with van der Waals surface area (Å²) in [7, 11) is 1.78. The van der Waals surface area contributed by atoms with Gasteiger partial charge in [-0.2, -0.15) is 5.26 Å². The second-order valence-corrected chi connectivity index (χ2v) is 8.06. The second-order valence-electron chi connectivity index (χ2n) is 7.65. The van der Waals surface area contributed by atoms with E-state index in [1.165, 1.54) is 12.1 Å². The first-order valence-corrected chi connectivity index (χ1v) is 10.3. The van der Waals surface area contributed by atoms with Gasteiger partial charge < -0.3 is 15.4 Å². The van der Waals surface area contributed by atoms with E-state index in [0.29, 0.717) is 45.3 Å². The summed E-state index contributed by atoms with van der Waals surface area (Å²) in [6, 6.07) is 13.5. The topological polar surface area (TPSA) is 79.3 Å². The molecule has 2 aliphatic rings. The number of benzene rings is 2. The minimum absolute atomic E-state index is 0.0286. The van der Waals surface area contributed by atoms with Crippen LogP contribution in [-0.4, -0.2) is 17.7 Å². The Morgan fingerprint density at radius 1 is 1.29 bits per heavy atom. The third-order valence-electron chi connectivity index (χ3n) is 5.74. The van der Waals surface area contributed by atoms with E-state index in [1.54, 1.807) is 42.3 Å². The first kappa shape index (κ1) is 21.0. The molecule has 0 amide bonds. The van der Waals surface area contributed by atoms with Gasteiger partial charge in [0.2, 0.25) is 0 Å². The summed E-state index contributed by atoms with van der Waals surface area (Å²) in [6.45, 7) is 0.162. The fourth-order valence-electron chi connectivity index (χ4n) is 4.20. The molecule has 0 aromatic heterocycles. The SMILES string of the molecule is CN1C(N)=C(C#N)[C@@H](c2ccc(OCc3cccc(F)c3)c(Cl)c2)C2=C1CCCC2=O. The van der Waals surface area contributed by atoms with Gasteiger partial charge in [-0.3, -0.25) is 4.79 Å². The van der Waals surface area contributed by atoms with E-state index in [2.05, 4.69) is 6.07 Å². The Morgan fingerprint density at radius 3 is 2.81 bits per heavy atom. The lowest BCUT2D eigenvalue weighted by Crippen LogP contribution is -2.36. The molecule has 1 heterocycles. The van der Waals surface area contributed by atoms with E-state index in [4.69, 9.17) is 22.1 Å². The number of carbonyl (C=O) groups excluding carboxylic acids is 1. The second kappa shape index (κ2) is 8.44. The number of carbonyl (C=O) groups is 1. The Morgan fingerprint density at radius 2 is 2.10 bits per heavy atom. The molecule has 0 saturated heterocycles. The van der Waals surface area contributed by atoms with E-state index >= 15 is 0 Å². The van der Waals surface area contributed by atoms with Crippen LogP contribution in [0.4, 0.5) is 4.39 Å². The fraction of sp³-hybridized carbons (Fsp3) is 0.250. The Bertz CT molecular complexity index is 1170. The van der Waals surface area contributed by atoms with E-state index in [9.17, 15) is 14.4 Å². The minimum atomic E-state index is -0.557. The number of Topliss-reactive ketones (excluding diaryl/α,β-unsaturated/α-hetero) is 1. The normalized spacial score (nSPS) is 18.7. The average Bonchev–Trinajstić information content (AvgIpc) is 2.75. The molecule has 31 heavy (non-hydrogen) atoms. The third-order valence-corrected chi connectivity index (χ3v) is 6.04. The maximum Gasteiger partial charge on any atom is 0.161 e. The predicted octanol–water partition coefficient (Wildman–Crippen LogP) is 4.79. The van der Waals surface area contributed by atoms with Gasteiger partial charge in [0.25, 0.3) is 0 Å². The average molecular weight is 438 g/mol. The molecule has 5 nitrogen and oxygen atoms in total. The standard InChI is InChI=1S/C24H21ClFN3O2/c1-29-19-6-3-7-20(30)23(19)22(17(12-27)24(29)28)15-8-9-21(18(25)11-15)31-13-14-4-2-5-16(26)10-14/h2,4-5,8-11,22H,3,6-7,13,28H2,1H3/t22-/m1/s1. The van der Waals surface area contributed by atoms with Crippen LogP contribution in [0.15, 0.2) is 65.1 Å². The van der Waals surface area contributed by atoms with Crippen LogP contribution in [-0.2, 0) is 11.4 Å². The van der Waals surface area contributed by atoms with Crippen molar-refractivity contribution in [2.24, 2.45) is 5.73 Å². The summed E-state index contributed by atoms with van der Waals surface area (Å²) in [6.07, 6.45) is 1.94. The number of hydrogen-bond acceptors (Lipinski definition) is 5. The Labute approximate surface area is 185 Å². The smallest absolute Gasteiger partial charge is 0.161 e. The van der Waals surface area contributed by atoms with Crippen LogP contribution < -0.4 is 10.5 Å². The lowest BCUT2D eigenvalue weighted by molar-refractivity contribution is -0.116. The molecule has 0 bridgehead atoms. The summed E-state index contributed by atoms with van der Waals surface area (Å²) < 4.78 is 19.1. The highest BCUT2D eigenvalue weighted by Crippen LogP contribution is 2.45. The molecule has 2 aromatic carbocycles. The van der Waals surface area contributed by atoms with Gasteiger partial charge in [-0.05, 0) is 48.2 Å². The molecular formula is C24H21ClFN3O2. The van der Waals surface area contributed by atoms with Crippen molar-refractivity contribution in [2.45, 2.75) is 31.8 Å². The molecule has 7 heteroatoms. The van der Waals surface area contributed by atoms with Crippen molar-refractivity contribution in [3.05, 3.63) is 87.1 Å². The first-order chi connectivity index (χ1) is 14.9. The first-order valence-electron chi connectivity index (χ1n) is 9.97. The number of rotatable bonds is 4. The minimum Gasteiger partial charge on any atom is -0.487 e. The highest BCUT2D eigenvalue weighted by Gasteiger charge is 2.38. The molecule has 0 radical (unpaired) electrons. The van der Waals surface area contributed by atoms with E-state index in [1.807, 2.05) is 0 Å². The zero-order valence-corrected chi connectivity index (χ0v) is 17.7. The maximum atomic E-state index is 13.4. The van der Waals surface area contributed by atoms with Crippen LogP contribution >= 0.6 is 11.6 Å². The highest BCUT2D eigenvalue weighted by molar-refractivity contribution is 6.32.